The third kappa shape index (κ3) is 5.60. The first-order chi connectivity index (χ1) is 9.45. The number of hydrogen-bond donors (Lipinski definition) is 1. The molecule has 1 nitrogen and oxygen atoms in total. The molecule has 0 spiro atoms. The molecule has 2 rings (SSSR count). The predicted molar refractivity (Wildman–Crippen MR) is 83.5 cm³/mol. The summed E-state index contributed by atoms with van der Waals surface area (Å²) in [6, 6.07) is 21.2. The van der Waals surface area contributed by atoms with E-state index in [1.807, 2.05) is 0 Å². The quantitative estimate of drug-likeness (QED) is 0.660. The van der Waals surface area contributed by atoms with Crippen LogP contribution in [0.15, 0.2) is 60.7 Å². The molecule has 2 aromatic carbocycles. The van der Waals surface area contributed by atoms with Crippen molar-refractivity contribution in [3.05, 3.63) is 66.2 Å². The van der Waals surface area contributed by atoms with Crippen molar-refractivity contribution in [3.8, 4) is 0 Å². The van der Waals surface area contributed by atoms with Crippen LogP contribution in [0.3, 0.4) is 0 Å². The third-order valence-corrected chi connectivity index (χ3v) is 3.34. The fourth-order valence-corrected chi connectivity index (χ4v) is 2.24. The lowest BCUT2D eigenvalue weighted by Crippen LogP contribution is -2.00. The van der Waals surface area contributed by atoms with E-state index in [1.165, 1.54) is 43.4 Å². The van der Waals surface area contributed by atoms with Gasteiger partial charge in [-0.3, -0.25) is 0 Å². The van der Waals surface area contributed by atoms with Gasteiger partial charge in [0.15, 0.2) is 0 Å². The maximum absolute atomic E-state index is 3.45. The molecule has 2 aromatic rings. The number of aryl methyl sites for hydroxylation is 1. The van der Waals surface area contributed by atoms with Gasteiger partial charge in [0.2, 0.25) is 0 Å². The summed E-state index contributed by atoms with van der Waals surface area (Å²) < 4.78 is 0. The van der Waals surface area contributed by atoms with Crippen LogP contribution in [0.25, 0.3) is 0 Å². The van der Waals surface area contributed by atoms with Gasteiger partial charge in [-0.05, 0) is 37.0 Å². The Morgan fingerprint density at radius 2 is 1.26 bits per heavy atom. The van der Waals surface area contributed by atoms with Crippen molar-refractivity contribution >= 4 is 5.69 Å². The van der Waals surface area contributed by atoms with Crippen LogP contribution in [-0.4, -0.2) is 6.54 Å². The van der Waals surface area contributed by atoms with Gasteiger partial charge in [-0.25, -0.2) is 0 Å². The lowest BCUT2D eigenvalue weighted by Gasteiger charge is -2.06. The Hall–Kier alpha value is -1.76. The van der Waals surface area contributed by atoms with Crippen molar-refractivity contribution in [2.75, 3.05) is 11.9 Å². The molecule has 0 aromatic heterocycles. The van der Waals surface area contributed by atoms with Gasteiger partial charge in [0.1, 0.15) is 0 Å². The highest BCUT2D eigenvalue weighted by Crippen LogP contribution is 2.09. The second-order valence-electron chi connectivity index (χ2n) is 4.94. The number of benzene rings is 2. The molecule has 0 amide bonds. The average Bonchev–Trinajstić information content (AvgIpc) is 2.48. The van der Waals surface area contributed by atoms with E-state index in [9.17, 15) is 0 Å². The molecule has 0 bridgehead atoms. The second-order valence-corrected chi connectivity index (χ2v) is 4.94. The molecule has 0 aliphatic carbocycles. The minimum Gasteiger partial charge on any atom is -0.385 e. The highest BCUT2D eigenvalue weighted by atomic mass is 14.9. The zero-order chi connectivity index (χ0) is 13.2. The van der Waals surface area contributed by atoms with Crippen LogP contribution in [-0.2, 0) is 6.42 Å². The van der Waals surface area contributed by atoms with Gasteiger partial charge in [0, 0.05) is 12.2 Å². The summed E-state index contributed by atoms with van der Waals surface area (Å²) in [6.07, 6.45) is 6.41. The number of para-hydroxylation sites is 1. The summed E-state index contributed by atoms with van der Waals surface area (Å²) in [7, 11) is 0. The summed E-state index contributed by atoms with van der Waals surface area (Å²) in [5, 5.41) is 3.45. The van der Waals surface area contributed by atoms with Crippen molar-refractivity contribution in [1.29, 1.82) is 0 Å². The number of hydrogen-bond acceptors (Lipinski definition) is 1. The van der Waals surface area contributed by atoms with Gasteiger partial charge < -0.3 is 5.32 Å². The van der Waals surface area contributed by atoms with Crippen molar-refractivity contribution in [1.82, 2.24) is 0 Å². The minimum absolute atomic E-state index is 1.08. The highest BCUT2D eigenvalue weighted by Gasteiger charge is 1.94. The van der Waals surface area contributed by atoms with Crippen molar-refractivity contribution in [2.45, 2.75) is 32.1 Å². The molecule has 19 heavy (non-hydrogen) atoms. The lowest BCUT2D eigenvalue weighted by atomic mass is 10.1. The fourth-order valence-electron chi connectivity index (χ4n) is 2.24. The SMILES string of the molecule is c1ccc(CCCCCCNc2ccccc2)cc1. The Labute approximate surface area is 116 Å². The van der Waals surface area contributed by atoms with Crippen molar-refractivity contribution < 1.29 is 0 Å². The van der Waals surface area contributed by atoms with Crippen molar-refractivity contribution in [2.24, 2.45) is 0 Å². The minimum atomic E-state index is 1.08. The zero-order valence-electron chi connectivity index (χ0n) is 11.5. The fraction of sp³-hybridized carbons (Fsp3) is 0.333. The molecule has 100 valence electrons. The van der Waals surface area contributed by atoms with Crippen LogP contribution in [0, 0.1) is 0 Å². The summed E-state index contributed by atoms with van der Waals surface area (Å²) in [5.74, 6) is 0. The van der Waals surface area contributed by atoms with Gasteiger partial charge in [0.05, 0.1) is 0 Å². The summed E-state index contributed by atoms with van der Waals surface area (Å²) in [5.41, 5.74) is 2.69. The van der Waals surface area contributed by atoms with Crippen LogP contribution in [0.4, 0.5) is 5.69 Å². The van der Waals surface area contributed by atoms with Gasteiger partial charge >= 0.3 is 0 Å². The van der Waals surface area contributed by atoms with E-state index >= 15 is 0 Å². The topological polar surface area (TPSA) is 12.0 Å². The Morgan fingerprint density at radius 3 is 2.00 bits per heavy atom. The first-order valence-corrected chi connectivity index (χ1v) is 7.28. The summed E-state index contributed by atoms with van der Waals surface area (Å²) in [4.78, 5) is 0. The molecule has 1 heteroatoms. The predicted octanol–water partition coefficient (Wildman–Crippen LogP) is 4.90. The molecule has 0 radical (unpaired) electrons. The maximum Gasteiger partial charge on any atom is 0.0340 e. The average molecular weight is 253 g/mol. The standard InChI is InChI=1S/C18H23N/c1(5-11-17-12-6-3-7-13-17)2-10-16-19-18-14-8-4-9-15-18/h3-4,6-9,12-15,19H,1-2,5,10-11,16H2. The van der Waals surface area contributed by atoms with E-state index in [0.29, 0.717) is 0 Å². The highest BCUT2D eigenvalue weighted by molar-refractivity contribution is 5.42. The van der Waals surface area contributed by atoms with Crippen LogP contribution >= 0.6 is 0 Å². The van der Waals surface area contributed by atoms with Crippen molar-refractivity contribution in [3.63, 3.8) is 0 Å². The molecule has 0 saturated heterocycles. The van der Waals surface area contributed by atoms with Gasteiger partial charge in [-0.1, -0.05) is 61.4 Å². The van der Waals surface area contributed by atoms with E-state index in [1.54, 1.807) is 0 Å². The number of rotatable bonds is 8. The van der Waals surface area contributed by atoms with Crippen LogP contribution in [0.5, 0.6) is 0 Å². The third-order valence-electron chi connectivity index (χ3n) is 3.34. The van der Waals surface area contributed by atoms with Gasteiger partial charge in [0.25, 0.3) is 0 Å². The zero-order valence-corrected chi connectivity index (χ0v) is 11.5. The second kappa shape index (κ2) is 8.36. The van der Waals surface area contributed by atoms with E-state index in [4.69, 9.17) is 0 Å². The Kier molecular flexibility index (Phi) is 6.01. The Bertz CT molecular complexity index is 392. The van der Waals surface area contributed by atoms with E-state index in [-0.39, 0.29) is 0 Å². The lowest BCUT2D eigenvalue weighted by molar-refractivity contribution is 0.654. The Morgan fingerprint density at radius 1 is 0.632 bits per heavy atom. The van der Waals surface area contributed by atoms with Crippen LogP contribution < -0.4 is 5.32 Å². The number of nitrogens with one attached hydrogen (secondary N) is 1. The summed E-state index contributed by atoms with van der Waals surface area (Å²) >= 11 is 0. The maximum atomic E-state index is 3.45. The first kappa shape index (κ1) is 13.7. The summed E-state index contributed by atoms with van der Waals surface area (Å²) in [6.45, 7) is 1.08. The van der Waals surface area contributed by atoms with E-state index in [0.717, 1.165) is 6.54 Å². The van der Waals surface area contributed by atoms with E-state index < -0.39 is 0 Å². The molecule has 0 unspecified atom stereocenters. The molecular formula is C18H23N. The molecule has 0 atom stereocenters. The number of anilines is 1. The normalized spacial score (nSPS) is 10.3. The largest absolute Gasteiger partial charge is 0.385 e. The monoisotopic (exact) mass is 253 g/mol. The molecule has 0 fully saturated rings. The Balaban J connectivity index is 1.49. The molecule has 0 heterocycles. The van der Waals surface area contributed by atoms with Gasteiger partial charge in [-0.2, -0.15) is 0 Å². The number of unbranched alkanes of at least 4 members (excludes halogenated alkanes) is 3. The first-order valence-electron chi connectivity index (χ1n) is 7.28. The molecule has 0 aliphatic rings. The van der Waals surface area contributed by atoms with Crippen LogP contribution in [0.1, 0.15) is 31.2 Å². The van der Waals surface area contributed by atoms with Gasteiger partial charge in [-0.15, -0.1) is 0 Å². The molecule has 1 N–H and O–H groups in total. The molecular weight excluding hydrogens is 230 g/mol. The molecule has 0 saturated carbocycles. The smallest absolute Gasteiger partial charge is 0.0340 e. The molecule has 0 aliphatic heterocycles. The van der Waals surface area contributed by atoms with E-state index in [2.05, 4.69) is 66.0 Å². The van der Waals surface area contributed by atoms with Crippen LogP contribution in [0.2, 0.25) is 0 Å².